The number of halogens is 3. The van der Waals surface area contributed by atoms with Crippen LogP contribution in [0.1, 0.15) is 22.5 Å². The summed E-state index contributed by atoms with van der Waals surface area (Å²) in [6.07, 6.45) is -2.85. The lowest BCUT2D eigenvalue weighted by atomic mass is 10.2. The largest absolute Gasteiger partial charge is 0.478 e. The van der Waals surface area contributed by atoms with Gasteiger partial charge < -0.3 is 5.11 Å². The molecule has 66 valence electrons. The maximum absolute atomic E-state index is 12.1. The Kier molecular flexibility index (Phi) is 2.73. The summed E-state index contributed by atoms with van der Waals surface area (Å²) in [5.74, 6) is -1.40. The molecule has 12 heavy (non-hydrogen) atoms. The second kappa shape index (κ2) is 3.44. The normalized spacial score (nSPS) is 10.7. The van der Waals surface area contributed by atoms with Crippen molar-refractivity contribution in [2.75, 3.05) is 0 Å². The molecule has 1 aromatic rings. The molecule has 0 saturated carbocycles. The molecule has 0 aliphatic carbocycles. The van der Waals surface area contributed by atoms with Crippen molar-refractivity contribution in [3.63, 3.8) is 0 Å². The number of rotatable bonds is 2. The van der Waals surface area contributed by atoms with Gasteiger partial charge in [-0.3, -0.25) is 0 Å². The molecule has 1 N–H and O–H groups in total. The van der Waals surface area contributed by atoms with Crippen LogP contribution in [0.4, 0.5) is 8.78 Å². The van der Waals surface area contributed by atoms with Crippen LogP contribution >= 0.6 is 27.5 Å². The first-order chi connectivity index (χ1) is 5.54. The third kappa shape index (κ3) is 1.61. The molecule has 1 rings (SSSR count). The number of hydrogen-bond acceptors (Lipinski definition) is 3. The third-order valence-electron chi connectivity index (χ3n) is 1.10. The smallest absolute Gasteiger partial charge is 0.339 e. The monoisotopic (exact) mass is 257 g/mol. The minimum Gasteiger partial charge on any atom is -0.478 e. The fourth-order valence-corrected chi connectivity index (χ4v) is 1.85. The summed E-state index contributed by atoms with van der Waals surface area (Å²) in [7, 11) is 0. The van der Waals surface area contributed by atoms with Crippen molar-refractivity contribution in [3.05, 3.63) is 15.0 Å². The predicted molar refractivity (Wildman–Crippen MR) is 41.7 cm³/mol. The van der Waals surface area contributed by atoms with Crippen LogP contribution in [0.15, 0.2) is 3.79 Å². The Labute approximate surface area is 78.3 Å². The molecular weight excluding hydrogens is 256 g/mol. The van der Waals surface area contributed by atoms with Gasteiger partial charge in [-0.25, -0.2) is 13.6 Å². The molecule has 1 aromatic heterocycles. The molecule has 0 saturated heterocycles. The fourth-order valence-electron chi connectivity index (χ4n) is 0.624. The standard InChI is InChI=1S/C5H2BrF2NO2S/c6-3-1(5(10)11)2(4(7)8)9-12-3/h4H,(H,10,11). The minimum atomic E-state index is -2.85. The van der Waals surface area contributed by atoms with Gasteiger partial charge in [0.05, 0.1) is 0 Å². The number of carboxylic acid groups (broad SMARTS) is 1. The summed E-state index contributed by atoms with van der Waals surface area (Å²) in [6, 6.07) is 0. The van der Waals surface area contributed by atoms with Crippen molar-refractivity contribution in [1.29, 1.82) is 0 Å². The van der Waals surface area contributed by atoms with Crippen LogP contribution in [0.2, 0.25) is 0 Å². The molecule has 0 spiro atoms. The average Bonchev–Trinajstić information content (AvgIpc) is 2.30. The van der Waals surface area contributed by atoms with E-state index in [1.807, 2.05) is 0 Å². The number of alkyl halides is 2. The van der Waals surface area contributed by atoms with Crippen molar-refractivity contribution in [2.24, 2.45) is 0 Å². The van der Waals surface area contributed by atoms with Crippen molar-refractivity contribution >= 4 is 33.4 Å². The molecule has 0 amide bonds. The Balaban J connectivity index is 3.21. The van der Waals surface area contributed by atoms with Gasteiger partial charge in [-0.1, -0.05) is 0 Å². The molecule has 0 aromatic carbocycles. The highest BCUT2D eigenvalue weighted by Gasteiger charge is 2.24. The van der Waals surface area contributed by atoms with E-state index in [4.69, 9.17) is 5.11 Å². The molecular formula is C5H2BrF2NO2S. The number of hydrogen-bond donors (Lipinski definition) is 1. The third-order valence-corrected chi connectivity index (χ3v) is 2.58. The van der Waals surface area contributed by atoms with Gasteiger partial charge in [-0.15, -0.1) is 0 Å². The second-order valence-corrected chi connectivity index (χ2v) is 3.91. The Morgan fingerprint density at radius 1 is 1.67 bits per heavy atom. The number of aromatic nitrogens is 1. The quantitative estimate of drug-likeness (QED) is 0.886. The second-order valence-electron chi connectivity index (χ2n) is 1.82. The summed E-state index contributed by atoms with van der Waals surface area (Å²) < 4.78 is 27.5. The average molecular weight is 258 g/mol. The molecule has 0 fully saturated rings. The SMILES string of the molecule is O=C(O)c1c(C(F)F)nsc1Br. The fraction of sp³-hybridized carbons (Fsp3) is 0.200. The minimum absolute atomic E-state index is 0.116. The lowest BCUT2D eigenvalue weighted by Gasteiger charge is -1.94. The van der Waals surface area contributed by atoms with Crippen LogP contribution < -0.4 is 0 Å². The molecule has 0 bridgehead atoms. The molecule has 0 radical (unpaired) electrons. The van der Waals surface area contributed by atoms with E-state index in [0.29, 0.717) is 11.5 Å². The van der Waals surface area contributed by atoms with E-state index in [2.05, 4.69) is 20.3 Å². The van der Waals surface area contributed by atoms with Gasteiger partial charge in [-0.05, 0) is 27.5 Å². The first-order valence-electron chi connectivity index (χ1n) is 2.70. The van der Waals surface area contributed by atoms with E-state index in [1.54, 1.807) is 0 Å². The molecule has 0 unspecified atom stereocenters. The van der Waals surface area contributed by atoms with E-state index >= 15 is 0 Å². The van der Waals surface area contributed by atoms with Crippen molar-refractivity contribution in [2.45, 2.75) is 6.43 Å². The highest BCUT2D eigenvalue weighted by atomic mass is 79.9. The highest BCUT2D eigenvalue weighted by Crippen LogP contribution is 2.30. The summed E-state index contributed by atoms with van der Waals surface area (Å²) in [5.41, 5.74) is -1.13. The number of aromatic carboxylic acids is 1. The molecule has 0 atom stereocenters. The summed E-state index contributed by atoms with van der Waals surface area (Å²) >= 11 is 3.52. The van der Waals surface area contributed by atoms with Gasteiger partial charge in [0.1, 0.15) is 15.0 Å². The molecule has 7 heteroatoms. The van der Waals surface area contributed by atoms with Gasteiger partial charge in [0.15, 0.2) is 0 Å². The van der Waals surface area contributed by atoms with Crippen LogP contribution in [0.3, 0.4) is 0 Å². The number of nitrogens with zero attached hydrogens (tertiary/aromatic N) is 1. The predicted octanol–water partition coefficient (Wildman–Crippen LogP) is 2.54. The zero-order valence-corrected chi connectivity index (χ0v) is 7.82. The van der Waals surface area contributed by atoms with Crippen LogP contribution in [0.5, 0.6) is 0 Å². The highest BCUT2D eigenvalue weighted by molar-refractivity contribution is 9.11. The van der Waals surface area contributed by atoms with Gasteiger partial charge in [0.25, 0.3) is 6.43 Å². The first kappa shape index (κ1) is 9.53. The van der Waals surface area contributed by atoms with E-state index in [-0.39, 0.29) is 3.79 Å². The van der Waals surface area contributed by atoms with Gasteiger partial charge >= 0.3 is 5.97 Å². The lowest BCUT2D eigenvalue weighted by Crippen LogP contribution is -2.00. The van der Waals surface area contributed by atoms with Crippen molar-refractivity contribution in [1.82, 2.24) is 4.37 Å². The number of carboxylic acids is 1. The Morgan fingerprint density at radius 3 is 2.58 bits per heavy atom. The van der Waals surface area contributed by atoms with Gasteiger partial charge in [0, 0.05) is 0 Å². The summed E-state index contributed by atoms with van der Waals surface area (Å²) in [4.78, 5) is 10.4. The van der Waals surface area contributed by atoms with Crippen molar-refractivity contribution < 1.29 is 18.7 Å². The van der Waals surface area contributed by atoms with E-state index < -0.39 is 23.7 Å². The van der Waals surface area contributed by atoms with Crippen LogP contribution in [-0.4, -0.2) is 15.4 Å². The maximum atomic E-state index is 12.1. The topological polar surface area (TPSA) is 50.2 Å². The summed E-state index contributed by atoms with van der Waals surface area (Å²) in [5, 5.41) is 8.49. The summed E-state index contributed by atoms with van der Waals surface area (Å²) in [6.45, 7) is 0. The van der Waals surface area contributed by atoms with Gasteiger partial charge in [-0.2, -0.15) is 4.37 Å². The molecule has 0 aliphatic rings. The van der Waals surface area contributed by atoms with E-state index in [9.17, 15) is 13.6 Å². The number of carbonyl (C=O) groups is 1. The Hall–Kier alpha value is -0.560. The molecule has 0 aliphatic heterocycles. The first-order valence-corrected chi connectivity index (χ1v) is 4.27. The Bertz CT molecular complexity index is 314. The zero-order chi connectivity index (χ0) is 9.30. The Morgan fingerprint density at radius 2 is 2.25 bits per heavy atom. The zero-order valence-electron chi connectivity index (χ0n) is 5.42. The maximum Gasteiger partial charge on any atom is 0.339 e. The molecule has 3 nitrogen and oxygen atoms in total. The van der Waals surface area contributed by atoms with Crippen LogP contribution in [0.25, 0.3) is 0 Å². The lowest BCUT2D eigenvalue weighted by molar-refractivity contribution is 0.0683. The molecule has 1 heterocycles. The van der Waals surface area contributed by atoms with E-state index in [1.165, 1.54) is 0 Å². The van der Waals surface area contributed by atoms with E-state index in [0.717, 1.165) is 0 Å². The van der Waals surface area contributed by atoms with Gasteiger partial charge in [0.2, 0.25) is 0 Å². The van der Waals surface area contributed by atoms with Crippen LogP contribution in [-0.2, 0) is 0 Å². The van der Waals surface area contributed by atoms with Crippen molar-refractivity contribution in [3.8, 4) is 0 Å². The van der Waals surface area contributed by atoms with Crippen LogP contribution in [0, 0.1) is 0 Å².